The zero-order valence-electron chi connectivity index (χ0n) is 12.8. The van der Waals surface area contributed by atoms with Crippen molar-refractivity contribution in [2.75, 3.05) is 26.7 Å². The van der Waals surface area contributed by atoms with E-state index in [1.54, 1.807) is 6.07 Å². The second-order valence-corrected chi connectivity index (χ2v) is 5.56. The molecule has 22 heavy (non-hydrogen) atoms. The fourth-order valence-electron chi connectivity index (χ4n) is 2.18. The molecule has 1 saturated carbocycles. The minimum Gasteiger partial charge on any atom is -0.473 e. The van der Waals surface area contributed by atoms with Gasteiger partial charge in [-0.3, -0.25) is 4.79 Å². The molecule has 0 amide bonds. The van der Waals surface area contributed by atoms with E-state index in [4.69, 9.17) is 10.5 Å². The van der Waals surface area contributed by atoms with Gasteiger partial charge in [0.1, 0.15) is 6.61 Å². The first kappa shape index (κ1) is 16.6. The fraction of sp³-hybridized carbons (Fsp3) is 0.500. The van der Waals surface area contributed by atoms with Crippen LogP contribution < -0.4 is 10.5 Å². The van der Waals surface area contributed by atoms with Crippen molar-refractivity contribution in [3.8, 4) is 5.88 Å². The molecule has 1 fully saturated rings. The van der Waals surface area contributed by atoms with E-state index >= 15 is 0 Å². The molecule has 0 aromatic carbocycles. The summed E-state index contributed by atoms with van der Waals surface area (Å²) in [6.45, 7) is 1.04. The normalized spacial score (nSPS) is 15.2. The summed E-state index contributed by atoms with van der Waals surface area (Å²) in [5, 5.41) is 0. The summed E-state index contributed by atoms with van der Waals surface area (Å²) >= 11 is 0. The van der Waals surface area contributed by atoms with Gasteiger partial charge in [-0.1, -0.05) is 0 Å². The standard InChI is InChI=1S/C16H22FN3O2/c1-20(15-2-3-15)5-4-13-6-16(19-9-14(13)10-21)22-11-12(7-17)8-18/h6-7,9-10,15H,2-5,8,11,18H2,1H3/b12-7-. The van der Waals surface area contributed by atoms with Gasteiger partial charge in [0.15, 0.2) is 6.29 Å². The first-order chi connectivity index (χ1) is 10.7. The smallest absolute Gasteiger partial charge is 0.213 e. The largest absolute Gasteiger partial charge is 0.473 e. The zero-order chi connectivity index (χ0) is 15.9. The van der Waals surface area contributed by atoms with Gasteiger partial charge in [-0.2, -0.15) is 0 Å². The summed E-state index contributed by atoms with van der Waals surface area (Å²) in [6, 6.07) is 2.43. The van der Waals surface area contributed by atoms with Crippen molar-refractivity contribution in [2.24, 2.45) is 5.73 Å². The van der Waals surface area contributed by atoms with Crippen molar-refractivity contribution in [3.63, 3.8) is 0 Å². The zero-order valence-corrected chi connectivity index (χ0v) is 12.8. The lowest BCUT2D eigenvalue weighted by Gasteiger charge is -2.16. The number of ether oxygens (including phenoxy) is 1. The van der Waals surface area contributed by atoms with E-state index in [0.29, 0.717) is 29.4 Å². The predicted octanol–water partition coefficient (Wildman–Crippen LogP) is 1.72. The number of carbonyl (C=O) groups excluding carboxylic acids is 1. The maximum absolute atomic E-state index is 12.5. The van der Waals surface area contributed by atoms with Crippen LogP contribution in [-0.4, -0.2) is 49.0 Å². The summed E-state index contributed by atoms with van der Waals surface area (Å²) in [7, 11) is 2.09. The molecular formula is C16H22FN3O2. The molecule has 0 bridgehead atoms. The highest BCUT2D eigenvalue weighted by Gasteiger charge is 2.25. The monoisotopic (exact) mass is 307 g/mol. The number of pyridine rings is 1. The third-order valence-electron chi connectivity index (χ3n) is 3.85. The van der Waals surface area contributed by atoms with E-state index in [9.17, 15) is 9.18 Å². The maximum Gasteiger partial charge on any atom is 0.213 e. The number of rotatable bonds is 9. The van der Waals surface area contributed by atoms with Crippen LogP contribution in [0.1, 0.15) is 28.8 Å². The van der Waals surface area contributed by atoms with Crippen LogP contribution in [0.4, 0.5) is 4.39 Å². The van der Waals surface area contributed by atoms with E-state index in [1.165, 1.54) is 19.0 Å². The molecule has 1 aromatic rings. The average molecular weight is 307 g/mol. The molecule has 2 rings (SSSR count). The Labute approximate surface area is 130 Å². The van der Waals surface area contributed by atoms with Crippen molar-refractivity contribution in [3.05, 3.63) is 35.3 Å². The Hall–Kier alpha value is -1.79. The second-order valence-electron chi connectivity index (χ2n) is 5.56. The van der Waals surface area contributed by atoms with Crippen LogP contribution in [0.5, 0.6) is 5.88 Å². The minimum atomic E-state index is 0.0574. The molecule has 6 heteroatoms. The van der Waals surface area contributed by atoms with Crippen molar-refractivity contribution in [1.82, 2.24) is 9.88 Å². The first-order valence-electron chi connectivity index (χ1n) is 7.43. The van der Waals surface area contributed by atoms with Gasteiger partial charge in [0, 0.05) is 42.5 Å². The van der Waals surface area contributed by atoms with Crippen LogP contribution in [-0.2, 0) is 6.42 Å². The molecule has 5 nitrogen and oxygen atoms in total. The summed E-state index contributed by atoms with van der Waals surface area (Å²) in [6.07, 6.45) is 6.00. The van der Waals surface area contributed by atoms with E-state index < -0.39 is 0 Å². The number of nitrogens with two attached hydrogens (primary N) is 1. The van der Waals surface area contributed by atoms with E-state index in [-0.39, 0.29) is 13.2 Å². The van der Waals surface area contributed by atoms with E-state index in [0.717, 1.165) is 24.8 Å². The van der Waals surface area contributed by atoms with E-state index in [1.807, 2.05) is 0 Å². The maximum atomic E-state index is 12.5. The lowest BCUT2D eigenvalue weighted by atomic mass is 10.1. The van der Waals surface area contributed by atoms with Gasteiger partial charge in [-0.25, -0.2) is 9.37 Å². The lowest BCUT2D eigenvalue weighted by molar-refractivity contribution is 0.112. The Kier molecular flexibility index (Phi) is 6.03. The third-order valence-corrected chi connectivity index (χ3v) is 3.85. The molecule has 0 saturated heterocycles. The molecule has 0 atom stereocenters. The van der Waals surface area contributed by atoms with Crippen molar-refractivity contribution in [1.29, 1.82) is 0 Å². The van der Waals surface area contributed by atoms with E-state index in [2.05, 4.69) is 16.9 Å². The Morgan fingerprint density at radius 3 is 2.95 bits per heavy atom. The molecule has 0 aliphatic heterocycles. The topological polar surface area (TPSA) is 68.5 Å². The molecule has 0 radical (unpaired) electrons. The molecule has 0 unspecified atom stereocenters. The van der Waals surface area contributed by atoms with Gasteiger partial charge in [-0.15, -0.1) is 0 Å². The van der Waals surface area contributed by atoms with Crippen LogP contribution in [0.3, 0.4) is 0 Å². The van der Waals surface area contributed by atoms with Crippen molar-refractivity contribution in [2.45, 2.75) is 25.3 Å². The van der Waals surface area contributed by atoms with Crippen molar-refractivity contribution >= 4 is 6.29 Å². The molecule has 1 aromatic heterocycles. The molecule has 1 heterocycles. The molecule has 2 N–H and O–H groups in total. The third kappa shape index (κ3) is 4.61. The number of aldehydes is 1. The molecule has 0 spiro atoms. The number of carbonyl (C=O) groups is 1. The first-order valence-corrected chi connectivity index (χ1v) is 7.43. The highest BCUT2D eigenvalue weighted by atomic mass is 19.1. The number of halogens is 1. The average Bonchev–Trinajstić information content (AvgIpc) is 3.38. The SMILES string of the molecule is CN(CCc1cc(OC/C(=C\F)CN)ncc1C=O)C1CC1. The minimum absolute atomic E-state index is 0.0574. The number of likely N-dealkylation sites (N-methyl/N-ethyl adjacent to an activating group) is 1. The van der Waals surface area contributed by atoms with Crippen LogP contribution in [0.2, 0.25) is 0 Å². The summed E-state index contributed by atoms with van der Waals surface area (Å²) in [4.78, 5) is 17.5. The number of hydrogen-bond donors (Lipinski definition) is 1. The predicted molar refractivity (Wildman–Crippen MR) is 82.7 cm³/mol. The highest BCUT2D eigenvalue weighted by Crippen LogP contribution is 2.25. The number of nitrogens with zero attached hydrogens (tertiary/aromatic N) is 2. The van der Waals surface area contributed by atoms with Crippen LogP contribution in [0, 0.1) is 0 Å². The number of hydrogen-bond acceptors (Lipinski definition) is 5. The van der Waals surface area contributed by atoms with Crippen molar-refractivity contribution < 1.29 is 13.9 Å². The Bertz CT molecular complexity index is 544. The van der Waals surface area contributed by atoms with Gasteiger partial charge < -0.3 is 15.4 Å². The Morgan fingerprint density at radius 1 is 1.59 bits per heavy atom. The molecule has 120 valence electrons. The Morgan fingerprint density at radius 2 is 2.36 bits per heavy atom. The van der Waals surface area contributed by atoms with Crippen LogP contribution in [0.15, 0.2) is 24.2 Å². The lowest BCUT2D eigenvalue weighted by Crippen LogP contribution is -2.23. The molecular weight excluding hydrogens is 285 g/mol. The second kappa shape index (κ2) is 8.00. The summed E-state index contributed by atoms with van der Waals surface area (Å²) < 4.78 is 17.9. The van der Waals surface area contributed by atoms with Gasteiger partial charge >= 0.3 is 0 Å². The molecule has 1 aliphatic rings. The van der Waals surface area contributed by atoms with Gasteiger partial charge in [0.2, 0.25) is 5.88 Å². The summed E-state index contributed by atoms with van der Waals surface area (Å²) in [5.41, 5.74) is 7.20. The quantitative estimate of drug-likeness (QED) is 0.704. The van der Waals surface area contributed by atoms with Gasteiger partial charge in [0.25, 0.3) is 0 Å². The fourth-order valence-corrected chi connectivity index (χ4v) is 2.18. The molecule has 1 aliphatic carbocycles. The number of aromatic nitrogens is 1. The highest BCUT2D eigenvalue weighted by molar-refractivity contribution is 5.76. The van der Waals surface area contributed by atoms with Crippen LogP contribution in [0.25, 0.3) is 0 Å². The van der Waals surface area contributed by atoms with Crippen LogP contribution >= 0.6 is 0 Å². The summed E-state index contributed by atoms with van der Waals surface area (Å²) in [5.74, 6) is 0.377. The van der Waals surface area contributed by atoms with Gasteiger partial charge in [-0.05, 0) is 31.9 Å². The van der Waals surface area contributed by atoms with Gasteiger partial charge in [0.05, 0.1) is 6.33 Å². The Balaban J connectivity index is 1.99.